The lowest BCUT2D eigenvalue weighted by Gasteiger charge is -2.04. The Balaban J connectivity index is 2.25. The van der Waals surface area contributed by atoms with Gasteiger partial charge in [-0.1, -0.05) is 6.07 Å². The van der Waals surface area contributed by atoms with E-state index in [0.717, 1.165) is 18.7 Å². The highest BCUT2D eigenvalue weighted by Gasteiger charge is 2.30. The molecule has 2 aromatic heterocycles. The van der Waals surface area contributed by atoms with Crippen LogP contribution in [0, 0.1) is 0 Å². The summed E-state index contributed by atoms with van der Waals surface area (Å²) in [5.74, 6) is 0.962. The van der Waals surface area contributed by atoms with E-state index in [-0.39, 0.29) is 5.97 Å². The number of aromatic nitrogens is 3. The number of hydrogen-bond acceptors (Lipinski definition) is 4. The molecule has 1 aliphatic rings. The third-order valence-corrected chi connectivity index (χ3v) is 2.79. The first kappa shape index (κ1) is 9.33. The molecule has 0 aromatic carbocycles. The van der Waals surface area contributed by atoms with Crippen molar-refractivity contribution in [3.8, 4) is 0 Å². The number of pyridine rings is 1. The molecule has 2 heterocycles. The van der Waals surface area contributed by atoms with E-state index in [0.29, 0.717) is 17.3 Å². The van der Waals surface area contributed by atoms with Crippen LogP contribution in [-0.2, 0) is 4.74 Å². The van der Waals surface area contributed by atoms with Crippen LogP contribution < -0.4 is 0 Å². The highest BCUT2D eigenvalue weighted by Crippen LogP contribution is 2.39. The lowest BCUT2D eigenvalue weighted by atomic mass is 10.3. The van der Waals surface area contributed by atoms with E-state index in [1.54, 1.807) is 16.5 Å². The zero-order valence-corrected chi connectivity index (χ0v) is 8.88. The summed E-state index contributed by atoms with van der Waals surface area (Å²) in [6.07, 6.45) is 2.24. The molecule has 0 aliphatic heterocycles. The van der Waals surface area contributed by atoms with Gasteiger partial charge in [-0.25, -0.2) is 4.79 Å². The predicted octanol–water partition coefficient (Wildman–Crippen LogP) is 1.39. The van der Waals surface area contributed by atoms with E-state index in [9.17, 15) is 4.79 Å². The number of fused-ring (bicyclic) bond motifs is 1. The maximum absolute atomic E-state index is 11.6. The number of rotatable bonds is 2. The Bertz CT molecular complexity index is 557. The van der Waals surface area contributed by atoms with Gasteiger partial charge in [0.1, 0.15) is 11.5 Å². The molecule has 82 valence electrons. The maximum Gasteiger partial charge on any atom is 0.355 e. The molecular weight excluding hydrogens is 206 g/mol. The van der Waals surface area contributed by atoms with Crippen LogP contribution in [0.5, 0.6) is 0 Å². The van der Waals surface area contributed by atoms with Gasteiger partial charge in [-0.05, 0) is 25.0 Å². The van der Waals surface area contributed by atoms with Gasteiger partial charge < -0.3 is 4.74 Å². The topological polar surface area (TPSA) is 56.5 Å². The Labute approximate surface area is 92.1 Å². The van der Waals surface area contributed by atoms with Gasteiger partial charge in [0.2, 0.25) is 0 Å². The zero-order valence-electron chi connectivity index (χ0n) is 8.88. The largest absolute Gasteiger partial charge is 0.464 e. The summed E-state index contributed by atoms with van der Waals surface area (Å²) >= 11 is 0. The van der Waals surface area contributed by atoms with Crippen molar-refractivity contribution in [1.29, 1.82) is 0 Å². The smallest absolute Gasteiger partial charge is 0.355 e. The highest BCUT2D eigenvalue weighted by atomic mass is 16.5. The van der Waals surface area contributed by atoms with E-state index in [1.165, 1.54) is 7.11 Å². The van der Waals surface area contributed by atoms with E-state index in [2.05, 4.69) is 10.2 Å². The minimum atomic E-state index is -0.354. The van der Waals surface area contributed by atoms with Gasteiger partial charge >= 0.3 is 5.97 Å². The molecule has 0 spiro atoms. The van der Waals surface area contributed by atoms with Crippen LogP contribution in [0.25, 0.3) is 5.65 Å². The molecule has 2 aromatic rings. The molecule has 1 fully saturated rings. The van der Waals surface area contributed by atoms with Crippen LogP contribution in [-0.4, -0.2) is 27.7 Å². The molecule has 0 radical (unpaired) electrons. The SMILES string of the molecule is COC(=O)c1cccc2nnc(C3CC3)n12. The maximum atomic E-state index is 11.6. The first-order valence-corrected chi connectivity index (χ1v) is 5.23. The second kappa shape index (κ2) is 3.30. The fourth-order valence-corrected chi connectivity index (χ4v) is 1.83. The van der Waals surface area contributed by atoms with Crippen LogP contribution in [0.15, 0.2) is 18.2 Å². The summed E-state index contributed by atoms with van der Waals surface area (Å²) in [6, 6.07) is 5.35. The standard InChI is InChI=1S/C11H11N3O2/c1-16-11(15)8-3-2-4-9-12-13-10(14(8)9)7-5-6-7/h2-4,7H,5-6H2,1H3. The van der Waals surface area contributed by atoms with Crippen molar-refractivity contribution in [1.82, 2.24) is 14.6 Å². The number of nitrogens with zero attached hydrogens (tertiary/aromatic N) is 3. The molecule has 0 N–H and O–H groups in total. The molecule has 0 saturated heterocycles. The molecule has 1 saturated carbocycles. The van der Waals surface area contributed by atoms with Gasteiger partial charge in [0.15, 0.2) is 5.65 Å². The van der Waals surface area contributed by atoms with Gasteiger partial charge in [0.05, 0.1) is 7.11 Å². The molecule has 5 nitrogen and oxygen atoms in total. The Morgan fingerprint density at radius 1 is 1.44 bits per heavy atom. The zero-order chi connectivity index (χ0) is 11.1. The summed E-state index contributed by atoms with van der Waals surface area (Å²) < 4.78 is 6.55. The van der Waals surface area contributed by atoms with Crippen LogP contribution in [0.2, 0.25) is 0 Å². The van der Waals surface area contributed by atoms with E-state index < -0.39 is 0 Å². The van der Waals surface area contributed by atoms with Crippen LogP contribution in [0.4, 0.5) is 0 Å². The third-order valence-electron chi connectivity index (χ3n) is 2.79. The number of ether oxygens (including phenoxy) is 1. The first-order valence-electron chi connectivity index (χ1n) is 5.23. The fraction of sp³-hybridized carbons (Fsp3) is 0.364. The predicted molar refractivity (Wildman–Crippen MR) is 56.3 cm³/mol. The molecule has 0 amide bonds. The Kier molecular flexibility index (Phi) is 1.92. The average Bonchev–Trinajstić information content (AvgIpc) is 3.07. The van der Waals surface area contributed by atoms with Gasteiger partial charge in [-0.3, -0.25) is 4.40 Å². The Hall–Kier alpha value is -1.91. The molecular formula is C11H11N3O2. The van der Waals surface area contributed by atoms with Gasteiger partial charge in [0, 0.05) is 5.92 Å². The Morgan fingerprint density at radius 2 is 2.25 bits per heavy atom. The fourth-order valence-electron chi connectivity index (χ4n) is 1.83. The van der Waals surface area contributed by atoms with Crippen LogP contribution >= 0.6 is 0 Å². The summed E-state index contributed by atoms with van der Waals surface area (Å²) in [6.45, 7) is 0. The molecule has 0 unspecified atom stereocenters. The average molecular weight is 217 g/mol. The number of esters is 1. The van der Waals surface area contributed by atoms with Crippen molar-refractivity contribution in [3.05, 3.63) is 29.7 Å². The van der Waals surface area contributed by atoms with Crippen LogP contribution in [0.1, 0.15) is 35.1 Å². The highest BCUT2D eigenvalue weighted by molar-refractivity contribution is 5.88. The van der Waals surface area contributed by atoms with Gasteiger partial charge in [0.25, 0.3) is 0 Å². The number of hydrogen-bond donors (Lipinski definition) is 0. The molecule has 16 heavy (non-hydrogen) atoms. The van der Waals surface area contributed by atoms with E-state index in [4.69, 9.17) is 4.74 Å². The van der Waals surface area contributed by atoms with Crippen molar-refractivity contribution in [2.24, 2.45) is 0 Å². The van der Waals surface area contributed by atoms with Crippen molar-refractivity contribution >= 4 is 11.6 Å². The Morgan fingerprint density at radius 3 is 2.94 bits per heavy atom. The normalized spacial score (nSPS) is 15.3. The molecule has 3 rings (SSSR count). The second-order valence-corrected chi connectivity index (χ2v) is 3.93. The third kappa shape index (κ3) is 1.28. The van der Waals surface area contributed by atoms with Gasteiger partial charge in [-0.15, -0.1) is 10.2 Å². The molecule has 5 heteroatoms. The minimum Gasteiger partial charge on any atom is -0.464 e. The summed E-state index contributed by atoms with van der Waals surface area (Å²) in [7, 11) is 1.38. The van der Waals surface area contributed by atoms with Crippen molar-refractivity contribution in [3.63, 3.8) is 0 Å². The van der Waals surface area contributed by atoms with E-state index in [1.807, 2.05) is 6.07 Å². The van der Waals surface area contributed by atoms with Crippen molar-refractivity contribution in [2.45, 2.75) is 18.8 Å². The number of methoxy groups -OCH3 is 1. The summed E-state index contributed by atoms with van der Waals surface area (Å²) in [4.78, 5) is 11.6. The van der Waals surface area contributed by atoms with Gasteiger partial charge in [-0.2, -0.15) is 0 Å². The minimum absolute atomic E-state index is 0.354. The summed E-state index contributed by atoms with van der Waals surface area (Å²) in [5, 5.41) is 8.20. The molecule has 0 atom stereocenters. The summed E-state index contributed by atoms with van der Waals surface area (Å²) in [5.41, 5.74) is 1.19. The monoisotopic (exact) mass is 217 g/mol. The number of carbonyl (C=O) groups is 1. The lowest BCUT2D eigenvalue weighted by molar-refractivity contribution is 0.0592. The van der Waals surface area contributed by atoms with E-state index >= 15 is 0 Å². The van der Waals surface area contributed by atoms with Crippen molar-refractivity contribution in [2.75, 3.05) is 7.11 Å². The molecule has 1 aliphatic carbocycles. The lowest BCUT2D eigenvalue weighted by Crippen LogP contribution is -2.09. The number of carbonyl (C=O) groups excluding carboxylic acids is 1. The van der Waals surface area contributed by atoms with Crippen molar-refractivity contribution < 1.29 is 9.53 Å². The van der Waals surface area contributed by atoms with Crippen LogP contribution in [0.3, 0.4) is 0 Å². The quantitative estimate of drug-likeness (QED) is 0.713. The first-order chi connectivity index (χ1) is 7.81. The molecule has 0 bridgehead atoms. The second-order valence-electron chi connectivity index (χ2n) is 3.93.